The molecular weight excluding hydrogens is 314 g/mol. The normalized spacial score (nSPS) is 14.6. The van der Waals surface area contributed by atoms with Gasteiger partial charge in [-0.05, 0) is 37.8 Å². The Morgan fingerprint density at radius 2 is 2.09 bits per heavy atom. The van der Waals surface area contributed by atoms with Gasteiger partial charge in [-0.25, -0.2) is 4.98 Å². The van der Waals surface area contributed by atoms with Crippen molar-refractivity contribution in [2.45, 2.75) is 45.4 Å². The van der Waals surface area contributed by atoms with Gasteiger partial charge in [-0.15, -0.1) is 12.4 Å². The summed E-state index contributed by atoms with van der Waals surface area (Å²) >= 11 is 0. The minimum atomic E-state index is -0.504. The molecule has 1 amide bonds. The number of fused-ring (bicyclic) bond motifs is 1. The van der Waals surface area contributed by atoms with E-state index in [4.69, 9.17) is 10.2 Å². The van der Waals surface area contributed by atoms with E-state index in [0.717, 1.165) is 48.4 Å². The maximum Gasteiger partial charge on any atom is 0.231 e. The second-order valence-corrected chi connectivity index (χ2v) is 6.15. The van der Waals surface area contributed by atoms with E-state index in [-0.39, 0.29) is 18.3 Å². The van der Waals surface area contributed by atoms with Gasteiger partial charge < -0.3 is 15.5 Å². The lowest BCUT2D eigenvalue weighted by Gasteiger charge is -2.28. The smallest absolute Gasteiger partial charge is 0.231 e. The first-order valence-electron chi connectivity index (χ1n) is 8.04. The summed E-state index contributed by atoms with van der Waals surface area (Å²) in [5.41, 5.74) is 7.63. The zero-order chi connectivity index (χ0) is 15.7. The van der Waals surface area contributed by atoms with E-state index in [9.17, 15) is 4.79 Å². The second-order valence-electron chi connectivity index (χ2n) is 6.15. The number of anilines is 1. The molecule has 0 saturated heterocycles. The van der Waals surface area contributed by atoms with Crippen molar-refractivity contribution in [3.63, 3.8) is 0 Å². The molecule has 1 aliphatic rings. The number of hydrogen-bond donors (Lipinski definition) is 2. The fraction of sp³-hybridized carbons (Fsp3) is 0.529. The average molecular weight is 338 g/mol. The first-order valence-corrected chi connectivity index (χ1v) is 8.04. The molecule has 0 aliphatic heterocycles. The van der Waals surface area contributed by atoms with E-state index in [1.165, 1.54) is 0 Å². The van der Waals surface area contributed by atoms with Gasteiger partial charge in [0, 0.05) is 24.2 Å². The van der Waals surface area contributed by atoms with E-state index >= 15 is 0 Å². The molecule has 1 aromatic heterocycles. The predicted molar refractivity (Wildman–Crippen MR) is 93.9 cm³/mol. The van der Waals surface area contributed by atoms with Crippen LogP contribution in [0, 0.1) is 5.41 Å². The van der Waals surface area contributed by atoms with Crippen molar-refractivity contribution < 1.29 is 9.21 Å². The van der Waals surface area contributed by atoms with Gasteiger partial charge in [0.15, 0.2) is 11.5 Å². The highest BCUT2D eigenvalue weighted by Gasteiger charge is 2.33. The van der Waals surface area contributed by atoms with Gasteiger partial charge in [0.2, 0.25) is 5.91 Å². The van der Waals surface area contributed by atoms with E-state index < -0.39 is 5.41 Å². The molecule has 1 saturated carbocycles. The summed E-state index contributed by atoms with van der Waals surface area (Å²) in [6.45, 7) is 4.34. The van der Waals surface area contributed by atoms with Gasteiger partial charge in [0.1, 0.15) is 5.52 Å². The van der Waals surface area contributed by atoms with Crippen molar-refractivity contribution in [2.24, 2.45) is 11.1 Å². The Bertz CT molecular complexity index is 682. The molecule has 0 atom stereocenters. The maximum atomic E-state index is 12.5. The van der Waals surface area contributed by atoms with Crippen molar-refractivity contribution in [3.8, 4) is 0 Å². The van der Waals surface area contributed by atoms with E-state index in [1.54, 1.807) is 0 Å². The van der Waals surface area contributed by atoms with Gasteiger partial charge in [-0.1, -0.05) is 13.8 Å². The quantitative estimate of drug-likeness (QED) is 0.839. The summed E-state index contributed by atoms with van der Waals surface area (Å²) in [5.74, 6) is 1.27. The highest BCUT2D eigenvalue weighted by atomic mass is 35.5. The topological polar surface area (TPSA) is 81.2 Å². The van der Waals surface area contributed by atoms with Gasteiger partial charge >= 0.3 is 0 Å². The van der Waals surface area contributed by atoms with Crippen molar-refractivity contribution in [2.75, 3.05) is 11.9 Å². The van der Waals surface area contributed by atoms with Crippen molar-refractivity contribution in [1.29, 1.82) is 0 Å². The molecule has 0 bridgehead atoms. The summed E-state index contributed by atoms with van der Waals surface area (Å²) in [6, 6.07) is 5.60. The van der Waals surface area contributed by atoms with Crippen LogP contribution < -0.4 is 11.1 Å². The number of oxazole rings is 1. The van der Waals surface area contributed by atoms with Gasteiger partial charge in [0.25, 0.3) is 0 Å². The molecule has 1 fully saturated rings. The lowest BCUT2D eigenvalue weighted by atomic mass is 9.81. The average Bonchev–Trinajstić information content (AvgIpc) is 3.29. The molecule has 3 rings (SSSR count). The zero-order valence-corrected chi connectivity index (χ0v) is 14.4. The number of aromatic nitrogens is 1. The Balaban J connectivity index is 0.00000192. The first kappa shape index (κ1) is 17.8. The Morgan fingerprint density at radius 3 is 2.65 bits per heavy atom. The van der Waals surface area contributed by atoms with Crippen LogP contribution in [-0.4, -0.2) is 17.4 Å². The van der Waals surface area contributed by atoms with E-state index in [0.29, 0.717) is 12.5 Å². The maximum absolute atomic E-state index is 12.5. The molecule has 0 radical (unpaired) electrons. The fourth-order valence-electron chi connectivity index (χ4n) is 2.74. The number of amides is 1. The standard InChI is InChI=1S/C17H23N3O2.ClH/c1-3-17(4-2,10-18)16(21)19-12-7-8-13-14(9-12)22-15(20-13)11-5-6-11;/h7-9,11H,3-6,10,18H2,1-2H3,(H,19,21);1H. The van der Waals surface area contributed by atoms with Crippen LogP contribution in [0.2, 0.25) is 0 Å². The van der Waals surface area contributed by atoms with Crippen molar-refractivity contribution in [3.05, 3.63) is 24.1 Å². The fourth-order valence-corrected chi connectivity index (χ4v) is 2.74. The van der Waals surface area contributed by atoms with Crippen molar-refractivity contribution >= 4 is 35.1 Å². The largest absolute Gasteiger partial charge is 0.440 e. The molecule has 1 aliphatic carbocycles. The molecule has 1 aromatic carbocycles. The Kier molecular flexibility index (Phi) is 5.32. The molecule has 5 nitrogen and oxygen atoms in total. The summed E-state index contributed by atoms with van der Waals surface area (Å²) < 4.78 is 5.79. The molecule has 6 heteroatoms. The molecule has 2 aromatic rings. The number of rotatable bonds is 6. The molecule has 126 valence electrons. The van der Waals surface area contributed by atoms with Gasteiger partial charge in [-0.3, -0.25) is 4.79 Å². The summed E-state index contributed by atoms with van der Waals surface area (Å²) in [6.07, 6.45) is 3.76. The Morgan fingerprint density at radius 1 is 1.39 bits per heavy atom. The number of benzene rings is 1. The first-order chi connectivity index (χ1) is 10.6. The third-order valence-corrected chi connectivity index (χ3v) is 4.82. The summed E-state index contributed by atoms with van der Waals surface area (Å²) in [4.78, 5) is 17.0. The van der Waals surface area contributed by atoms with Crippen LogP contribution in [0.5, 0.6) is 0 Å². The summed E-state index contributed by atoms with van der Waals surface area (Å²) in [7, 11) is 0. The zero-order valence-electron chi connectivity index (χ0n) is 13.6. The van der Waals surface area contributed by atoms with Crippen LogP contribution in [0.25, 0.3) is 11.1 Å². The van der Waals surface area contributed by atoms with Crippen LogP contribution in [0.4, 0.5) is 5.69 Å². The van der Waals surface area contributed by atoms with Crippen LogP contribution in [-0.2, 0) is 4.79 Å². The minimum Gasteiger partial charge on any atom is -0.440 e. The van der Waals surface area contributed by atoms with Crippen molar-refractivity contribution in [1.82, 2.24) is 4.98 Å². The molecule has 0 spiro atoms. The number of carbonyl (C=O) groups is 1. The lowest BCUT2D eigenvalue weighted by Crippen LogP contribution is -2.41. The molecule has 3 N–H and O–H groups in total. The monoisotopic (exact) mass is 337 g/mol. The number of halogens is 1. The van der Waals surface area contributed by atoms with Gasteiger partial charge in [-0.2, -0.15) is 0 Å². The molecule has 0 unspecified atom stereocenters. The Hall–Kier alpha value is -1.59. The highest BCUT2D eigenvalue weighted by Crippen LogP contribution is 2.40. The van der Waals surface area contributed by atoms with Crippen LogP contribution in [0.15, 0.2) is 22.6 Å². The lowest BCUT2D eigenvalue weighted by molar-refractivity contribution is -0.125. The van der Waals surface area contributed by atoms with E-state index in [1.807, 2.05) is 32.0 Å². The van der Waals surface area contributed by atoms with E-state index in [2.05, 4.69) is 10.3 Å². The van der Waals surface area contributed by atoms with Gasteiger partial charge in [0.05, 0.1) is 5.41 Å². The Labute approximate surface area is 142 Å². The van der Waals surface area contributed by atoms with Crippen LogP contribution in [0.3, 0.4) is 0 Å². The molecule has 23 heavy (non-hydrogen) atoms. The summed E-state index contributed by atoms with van der Waals surface area (Å²) in [5, 5.41) is 2.98. The number of hydrogen-bond acceptors (Lipinski definition) is 4. The predicted octanol–water partition coefficient (Wildman–Crippen LogP) is 3.83. The second kappa shape index (κ2) is 6.89. The number of nitrogens with one attached hydrogen (secondary N) is 1. The third kappa shape index (κ3) is 3.35. The number of nitrogens with zero attached hydrogens (tertiary/aromatic N) is 1. The SMILES string of the molecule is CCC(CC)(CN)C(=O)Nc1ccc2nc(C3CC3)oc2c1.Cl. The van der Waals surface area contributed by atoms with Crippen LogP contribution in [0.1, 0.15) is 51.3 Å². The molecular formula is C17H24ClN3O2. The molecule has 1 heterocycles. The minimum absolute atomic E-state index is 0. The van der Waals surface area contributed by atoms with Crippen LogP contribution >= 0.6 is 12.4 Å². The number of carbonyl (C=O) groups excluding carboxylic acids is 1. The number of nitrogens with two attached hydrogens (primary N) is 1. The highest BCUT2D eigenvalue weighted by molar-refractivity contribution is 5.96. The third-order valence-electron chi connectivity index (χ3n) is 4.82.